The lowest BCUT2D eigenvalue weighted by atomic mass is 9.91. The molecule has 2 aromatic carbocycles. The van der Waals surface area contributed by atoms with E-state index in [0.29, 0.717) is 37.7 Å². The number of benzene rings is 2. The number of ether oxygens (including phenoxy) is 2. The molecule has 4 aromatic heterocycles. The van der Waals surface area contributed by atoms with Crippen LogP contribution < -0.4 is 30.7 Å². The van der Waals surface area contributed by atoms with E-state index in [2.05, 4.69) is 35.6 Å². The van der Waals surface area contributed by atoms with Crippen molar-refractivity contribution in [3.63, 3.8) is 0 Å². The van der Waals surface area contributed by atoms with Gasteiger partial charge in [-0.15, -0.1) is 11.3 Å². The van der Waals surface area contributed by atoms with Gasteiger partial charge in [0.05, 0.1) is 56.7 Å². The van der Waals surface area contributed by atoms with Crippen molar-refractivity contribution in [2.24, 2.45) is 5.92 Å². The van der Waals surface area contributed by atoms with E-state index < -0.39 is 46.9 Å². The highest BCUT2D eigenvalue weighted by atomic mass is 35.5. The van der Waals surface area contributed by atoms with Gasteiger partial charge in [-0.25, -0.2) is 14.4 Å². The van der Waals surface area contributed by atoms with Crippen LogP contribution in [0.4, 0.5) is 29.2 Å². The highest BCUT2D eigenvalue weighted by molar-refractivity contribution is 7.13. The Kier molecular flexibility index (Phi) is 16.7. The molecule has 0 spiro atoms. The molecule has 2 unspecified atom stereocenters. The van der Waals surface area contributed by atoms with Crippen molar-refractivity contribution < 1.29 is 46.3 Å². The number of hydrogen-bond donors (Lipinski definition) is 4. The van der Waals surface area contributed by atoms with Crippen molar-refractivity contribution in [1.29, 1.82) is 0 Å². The number of halogens is 5. The number of piperazine rings is 1. The lowest BCUT2D eigenvalue weighted by Crippen LogP contribution is -2.51. The number of aryl methyl sites for hydroxylation is 2. The molecule has 7 atom stereocenters. The summed E-state index contributed by atoms with van der Waals surface area (Å²) < 4.78 is 78.5. The van der Waals surface area contributed by atoms with Gasteiger partial charge >= 0.3 is 12.2 Å². The van der Waals surface area contributed by atoms with Gasteiger partial charge in [-0.1, -0.05) is 49.7 Å². The van der Waals surface area contributed by atoms with Crippen LogP contribution in [-0.2, 0) is 15.8 Å². The van der Waals surface area contributed by atoms with Gasteiger partial charge in [0, 0.05) is 55.6 Å². The van der Waals surface area contributed by atoms with Crippen molar-refractivity contribution >= 4 is 57.3 Å². The number of nitrogens with zero attached hydrogens (tertiary/aromatic N) is 8. The first kappa shape index (κ1) is 56.1. The Balaban J connectivity index is 0.736. The van der Waals surface area contributed by atoms with E-state index in [0.717, 1.165) is 79.4 Å². The van der Waals surface area contributed by atoms with E-state index >= 15 is 4.39 Å². The first-order chi connectivity index (χ1) is 37.8. The zero-order valence-electron chi connectivity index (χ0n) is 44.8. The van der Waals surface area contributed by atoms with E-state index in [1.54, 1.807) is 17.4 Å². The van der Waals surface area contributed by atoms with Crippen LogP contribution in [0.5, 0.6) is 11.9 Å². The van der Waals surface area contributed by atoms with Crippen LogP contribution in [0.25, 0.3) is 32.6 Å². The molecule has 0 aliphatic carbocycles. The van der Waals surface area contributed by atoms with Gasteiger partial charge in [-0.3, -0.25) is 14.5 Å². The number of pyridine rings is 1. The van der Waals surface area contributed by atoms with Gasteiger partial charge in [0.15, 0.2) is 11.6 Å². The number of carbonyl (C=O) groups is 2. The summed E-state index contributed by atoms with van der Waals surface area (Å²) in [5, 5.41) is 21.5. The Hall–Kier alpha value is -6.20. The van der Waals surface area contributed by atoms with Crippen molar-refractivity contribution in [3.05, 3.63) is 87.0 Å². The molecule has 2 bridgehead atoms. The lowest BCUT2D eigenvalue weighted by Gasteiger charge is -2.34. The van der Waals surface area contributed by atoms with Crippen molar-refractivity contribution in [1.82, 2.24) is 45.5 Å². The molecule has 4 saturated heterocycles. The van der Waals surface area contributed by atoms with Gasteiger partial charge in [-0.05, 0) is 119 Å². The fourth-order valence-electron chi connectivity index (χ4n) is 11.8. The summed E-state index contributed by atoms with van der Waals surface area (Å²) in [4.78, 5) is 52.6. The molecule has 8 heterocycles. The summed E-state index contributed by atoms with van der Waals surface area (Å²) in [7, 11) is 0. The number of aromatic nitrogens is 5. The summed E-state index contributed by atoms with van der Waals surface area (Å²) in [5.74, 6) is -2.03. The van der Waals surface area contributed by atoms with Crippen LogP contribution in [-0.4, -0.2) is 128 Å². The Morgan fingerprint density at radius 2 is 1.76 bits per heavy atom. The third kappa shape index (κ3) is 12.1. The zero-order chi connectivity index (χ0) is 55.9. The predicted molar refractivity (Wildman–Crippen MR) is 293 cm³/mol. The molecule has 0 radical (unpaired) electrons. The minimum atomic E-state index is -4.88. The standard InChI is InChI=1S/C56H66ClF4N11O6S/c1-29(2)45(54(75)72-26-38(73)21-41(72)53(74)64-31(4)33-11-13-34(14-12-33)51-32(5)63-28-79-51)42-23-44(69-78-42)76-19-8-6-7-17-70-18-9-10-37(70)27-77-55-67-49-39(52(68-55)71-24-35-15-16-36(25-71)65-35)22-40(57)46(48(49)58)50-47(56(59,60)61)30(3)20-43(62)66-50/h11-14,20,22-23,28-29,31,35-38,41,45,65,73H,6-10,15-19,21,24-27H2,1-5H3,(H2,62,66)(H,64,74)/t31-,35?,36?,37-,38+,41-,45+/m0/s1. The van der Waals surface area contributed by atoms with E-state index in [1.165, 1.54) is 17.9 Å². The fourth-order valence-corrected chi connectivity index (χ4v) is 12.9. The van der Waals surface area contributed by atoms with Crippen LogP contribution in [0, 0.1) is 25.6 Å². The Bertz CT molecular complexity index is 3170. The average Bonchev–Trinajstić information content (AvgIpc) is 4.44. The highest BCUT2D eigenvalue weighted by Crippen LogP contribution is 2.45. The Morgan fingerprint density at radius 1 is 1.00 bits per heavy atom. The maximum atomic E-state index is 17.0. The Labute approximate surface area is 464 Å². The second-order valence-corrected chi connectivity index (χ2v) is 23.0. The number of alkyl halides is 3. The van der Waals surface area contributed by atoms with E-state index in [4.69, 9.17) is 36.3 Å². The van der Waals surface area contributed by atoms with Gasteiger partial charge in [0.2, 0.25) is 11.8 Å². The molecule has 4 aliphatic heterocycles. The molecule has 5 N–H and O–H groups in total. The second kappa shape index (κ2) is 23.5. The average molecular weight is 1130 g/mol. The maximum absolute atomic E-state index is 17.0. The number of nitrogen functional groups attached to an aromatic ring is 1. The predicted octanol–water partition coefficient (Wildman–Crippen LogP) is 9.43. The maximum Gasteiger partial charge on any atom is 0.418 e. The lowest BCUT2D eigenvalue weighted by molar-refractivity contribution is -0.141. The summed E-state index contributed by atoms with van der Waals surface area (Å²) in [6.07, 6.45) is 0.507. The third-order valence-electron chi connectivity index (χ3n) is 15.7. The number of thiazole rings is 1. The molecule has 10 rings (SSSR count). The molecule has 6 aromatic rings. The van der Waals surface area contributed by atoms with Gasteiger partial charge in [0.25, 0.3) is 5.88 Å². The zero-order valence-corrected chi connectivity index (χ0v) is 46.4. The molecule has 4 aliphatic rings. The second-order valence-electron chi connectivity index (χ2n) is 21.8. The number of nitrogens with one attached hydrogen (secondary N) is 2. The van der Waals surface area contributed by atoms with Crippen LogP contribution in [0.1, 0.15) is 112 Å². The molecular weight excluding hydrogens is 1070 g/mol. The Morgan fingerprint density at radius 3 is 2.47 bits per heavy atom. The number of carbonyl (C=O) groups excluding carboxylic acids is 2. The monoisotopic (exact) mass is 1130 g/mol. The normalized spacial score (nSPS) is 21.3. The van der Waals surface area contributed by atoms with Gasteiger partial charge in [-0.2, -0.15) is 23.1 Å². The minimum absolute atomic E-state index is 0.0123. The summed E-state index contributed by atoms with van der Waals surface area (Å²) >= 11 is 8.27. The number of amides is 2. The van der Waals surface area contributed by atoms with Gasteiger partial charge in [0.1, 0.15) is 35.7 Å². The van der Waals surface area contributed by atoms with Crippen molar-refractivity contribution in [2.45, 2.75) is 134 Å². The SMILES string of the molecule is Cc1cc(N)nc(-c2c(Cl)cc3c(N4CC5CCC(C4)N5)nc(OC[C@@H]4CCCN4CCCCCOc4cc([C@H](C(=O)N5C[C@H](O)C[C@H]5C(=O)N[C@@H](C)c5ccc(-c6scnc6C)cc5)C(C)C)on4)nc3c2F)c1C(F)(F)F. The van der Waals surface area contributed by atoms with Crippen LogP contribution >= 0.6 is 22.9 Å². The highest BCUT2D eigenvalue weighted by Gasteiger charge is 2.44. The number of aliphatic hydroxyl groups is 1. The summed E-state index contributed by atoms with van der Waals surface area (Å²) in [6, 6.07) is 11.2. The molecule has 17 nitrogen and oxygen atoms in total. The first-order valence-electron chi connectivity index (χ1n) is 27.1. The molecule has 23 heteroatoms. The summed E-state index contributed by atoms with van der Waals surface area (Å²) in [6.45, 7) is 12.3. The number of unbranched alkanes of at least 4 members (excludes halogenated alkanes) is 2. The number of β-amino-alcohol motifs (C(OH)–C–C–N with tert-alkyl or cyclic N) is 1. The number of hydrogen-bond acceptors (Lipinski definition) is 16. The van der Waals surface area contributed by atoms with E-state index in [1.807, 2.05) is 62.4 Å². The number of nitrogens with two attached hydrogens (primary N) is 1. The topological polar surface area (TPSA) is 210 Å². The van der Waals surface area contributed by atoms with Gasteiger partial charge < -0.3 is 45.3 Å². The first-order valence-corrected chi connectivity index (χ1v) is 28.4. The van der Waals surface area contributed by atoms with Crippen LogP contribution in [0.3, 0.4) is 0 Å². The molecule has 79 heavy (non-hydrogen) atoms. The summed E-state index contributed by atoms with van der Waals surface area (Å²) in [5.41, 5.74) is 7.79. The number of fused-ring (bicyclic) bond motifs is 3. The third-order valence-corrected chi connectivity index (χ3v) is 17.0. The molecule has 0 saturated carbocycles. The smallest absolute Gasteiger partial charge is 0.418 e. The largest absolute Gasteiger partial charge is 0.476 e. The number of rotatable bonds is 19. The minimum Gasteiger partial charge on any atom is -0.476 e. The molecule has 2 amide bonds. The quantitative estimate of drug-likeness (QED) is 0.0440. The van der Waals surface area contributed by atoms with Crippen LogP contribution in [0.2, 0.25) is 5.02 Å². The van der Waals surface area contributed by atoms with Crippen LogP contribution in [0.15, 0.2) is 52.5 Å². The number of likely N-dealkylation sites (tertiary alicyclic amines) is 2. The molecule has 422 valence electrons. The van der Waals surface area contributed by atoms with E-state index in [-0.39, 0.29) is 101 Å². The number of anilines is 2. The molecule has 4 fully saturated rings. The number of aliphatic hydroxyl groups excluding tert-OH is 1. The van der Waals surface area contributed by atoms with Crippen molar-refractivity contribution in [3.8, 4) is 33.6 Å². The fraction of sp³-hybridized carbons (Fsp3) is 0.518. The molecular formula is C56H66ClF4N11O6S. The van der Waals surface area contributed by atoms with Crippen molar-refractivity contribution in [2.75, 3.05) is 56.6 Å². The van der Waals surface area contributed by atoms with E-state index in [9.17, 15) is 27.9 Å².